The molecule has 4 bridgehead atoms. The summed E-state index contributed by atoms with van der Waals surface area (Å²) in [5.74, 6) is 3.65. The van der Waals surface area contributed by atoms with E-state index in [0.29, 0.717) is 12.4 Å². The van der Waals surface area contributed by atoms with Crippen molar-refractivity contribution in [3.63, 3.8) is 0 Å². The van der Waals surface area contributed by atoms with Gasteiger partial charge >= 0.3 is 12.4 Å². The second-order valence-electron chi connectivity index (χ2n) is 11.3. The van der Waals surface area contributed by atoms with Crippen molar-refractivity contribution in [1.29, 1.82) is 0 Å². The highest BCUT2D eigenvalue weighted by Gasteiger charge is 2.52. The monoisotopic (exact) mass is 500 g/mol. The van der Waals surface area contributed by atoms with E-state index in [2.05, 4.69) is 30.3 Å². The summed E-state index contributed by atoms with van der Waals surface area (Å²) in [6.07, 6.45) is 7.96. The zero-order chi connectivity index (χ0) is 25.6. The van der Waals surface area contributed by atoms with Crippen molar-refractivity contribution >= 4 is 16.7 Å². The van der Waals surface area contributed by atoms with E-state index in [0.717, 1.165) is 40.0 Å². The molecule has 3 aromatic rings. The number of carbonyl (C=O) groups is 1. The molecule has 0 amide bonds. The molecule has 5 nitrogen and oxygen atoms in total. The van der Waals surface area contributed by atoms with Gasteiger partial charge in [0, 0.05) is 19.6 Å². The van der Waals surface area contributed by atoms with Crippen molar-refractivity contribution in [2.75, 3.05) is 13.7 Å². The fourth-order valence-corrected chi connectivity index (χ4v) is 7.68. The largest absolute Gasteiger partial charge is 0.441 e. The number of rotatable bonds is 8. The lowest BCUT2D eigenvalue weighted by atomic mass is 9.48. The van der Waals surface area contributed by atoms with Gasteiger partial charge in [0.05, 0.1) is 6.61 Å². The number of esters is 1. The molecule has 0 spiro atoms. The number of carbonyl (C=O) groups excluding carboxylic acids is 1. The van der Waals surface area contributed by atoms with Crippen molar-refractivity contribution in [3.8, 4) is 22.6 Å². The molecule has 0 aliphatic heterocycles. The highest BCUT2D eigenvalue weighted by atomic mass is 16.8. The van der Waals surface area contributed by atoms with Crippen LogP contribution in [0.3, 0.4) is 0 Å². The van der Waals surface area contributed by atoms with Crippen LogP contribution in [0.25, 0.3) is 21.9 Å². The van der Waals surface area contributed by atoms with Gasteiger partial charge in [0.25, 0.3) is 0 Å². The SMILES string of the molecule is CCOC(OC)Oc1cc2ccc(-c3ccc(OC(C)=O)cc3)cc2cc1C12CC3CC(CC(C3)C1)C2. The molecule has 3 aromatic carbocycles. The van der Waals surface area contributed by atoms with E-state index in [1.54, 1.807) is 7.11 Å². The molecule has 4 fully saturated rings. The lowest BCUT2D eigenvalue weighted by Crippen LogP contribution is -2.48. The summed E-state index contributed by atoms with van der Waals surface area (Å²) in [7, 11) is 1.63. The second kappa shape index (κ2) is 9.77. The van der Waals surface area contributed by atoms with Crippen molar-refractivity contribution in [3.05, 3.63) is 60.2 Å². The molecule has 4 saturated carbocycles. The predicted octanol–water partition coefficient (Wildman–Crippen LogP) is 7.25. The van der Waals surface area contributed by atoms with E-state index in [1.807, 2.05) is 31.2 Å². The summed E-state index contributed by atoms with van der Waals surface area (Å²) in [4.78, 5) is 11.3. The van der Waals surface area contributed by atoms with Crippen LogP contribution in [0.1, 0.15) is 57.9 Å². The van der Waals surface area contributed by atoms with E-state index < -0.39 is 6.48 Å². The van der Waals surface area contributed by atoms with Crippen molar-refractivity contribution < 1.29 is 23.7 Å². The topological polar surface area (TPSA) is 54.0 Å². The Morgan fingerprint density at radius 2 is 1.54 bits per heavy atom. The molecule has 1 atom stereocenters. The predicted molar refractivity (Wildman–Crippen MR) is 144 cm³/mol. The third-order valence-corrected chi connectivity index (χ3v) is 8.72. The Labute approximate surface area is 219 Å². The van der Waals surface area contributed by atoms with E-state index >= 15 is 0 Å². The molecular formula is C32H36O5. The quantitative estimate of drug-likeness (QED) is 0.185. The summed E-state index contributed by atoms with van der Waals surface area (Å²) in [6.45, 7) is 3.18. The van der Waals surface area contributed by atoms with Gasteiger partial charge in [-0.1, -0.05) is 24.3 Å². The summed E-state index contributed by atoms with van der Waals surface area (Å²) in [6, 6.07) is 18.8. The summed E-state index contributed by atoms with van der Waals surface area (Å²) in [5.41, 5.74) is 3.72. The molecule has 7 rings (SSSR count). The van der Waals surface area contributed by atoms with Crippen LogP contribution in [0, 0.1) is 17.8 Å². The molecule has 37 heavy (non-hydrogen) atoms. The summed E-state index contributed by atoms with van der Waals surface area (Å²) >= 11 is 0. The van der Waals surface area contributed by atoms with Gasteiger partial charge in [0.2, 0.25) is 0 Å². The number of methoxy groups -OCH3 is 1. The molecule has 1 unspecified atom stereocenters. The fourth-order valence-electron chi connectivity index (χ4n) is 7.68. The molecule has 0 radical (unpaired) electrons. The first-order chi connectivity index (χ1) is 17.9. The maximum absolute atomic E-state index is 11.3. The molecule has 0 aromatic heterocycles. The van der Waals surface area contributed by atoms with E-state index in [9.17, 15) is 4.79 Å². The zero-order valence-electron chi connectivity index (χ0n) is 22.0. The molecular weight excluding hydrogens is 464 g/mol. The second-order valence-corrected chi connectivity index (χ2v) is 11.3. The van der Waals surface area contributed by atoms with Crippen LogP contribution in [0.5, 0.6) is 11.5 Å². The normalized spacial score (nSPS) is 26.8. The lowest BCUT2D eigenvalue weighted by molar-refractivity contribution is -0.231. The summed E-state index contributed by atoms with van der Waals surface area (Å²) in [5, 5.41) is 2.35. The van der Waals surface area contributed by atoms with Crippen LogP contribution in [-0.2, 0) is 19.7 Å². The van der Waals surface area contributed by atoms with Crippen molar-refractivity contribution in [2.45, 2.75) is 64.3 Å². The first-order valence-electron chi connectivity index (χ1n) is 13.6. The Hall–Kier alpha value is -2.89. The van der Waals surface area contributed by atoms with Gasteiger partial charge in [-0.3, -0.25) is 4.79 Å². The van der Waals surface area contributed by atoms with Crippen LogP contribution in [-0.4, -0.2) is 26.2 Å². The number of ether oxygens (including phenoxy) is 4. The number of fused-ring (bicyclic) bond motifs is 1. The number of hydrogen-bond acceptors (Lipinski definition) is 5. The average molecular weight is 501 g/mol. The molecule has 4 aliphatic rings. The van der Waals surface area contributed by atoms with Crippen LogP contribution in [0.4, 0.5) is 0 Å². The minimum atomic E-state index is -0.717. The first kappa shape index (κ1) is 24.4. The van der Waals surface area contributed by atoms with E-state index in [1.165, 1.54) is 56.4 Å². The maximum atomic E-state index is 11.3. The Morgan fingerprint density at radius 1 is 0.892 bits per heavy atom. The Bertz CT molecular complexity index is 1260. The third-order valence-electron chi connectivity index (χ3n) is 8.72. The Morgan fingerprint density at radius 3 is 2.14 bits per heavy atom. The zero-order valence-corrected chi connectivity index (χ0v) is 22.0. The van der Waals surface area contributed by atoms with Crippen LogP contribution >= 0.6 is 0 Å². The van der Waals surface area contributed by atoms with Gasteiger partial charge in [-0.05, 0) is 121 Å². The summed E-state index contributed by atoms with van der Waals surface area (Å²) < 4.78 is 22.8. The lowest BCUT2D eigenvalue weighted by Gasteiger charge is -2.57. The van der Waals surface area contributed by atoms with Crippen molar-refractivity contribution in [1.82, 2.24) is 0 Å². The first-order valence-corrected chi connectivity index (χ1v) is 13.6. The fraction of sp³-hybridized carbons (Fsp3) is 0.469. The molecule has 194 valence electrons. The van der Waals surface area contributed by atoms with Crippen LogP contribution in [0.15, 0.2) is 54.6 Å². The molecule has 4 aliphatic carbocycles. The van der Waals surface area contributed by atoms with Gasteiger partial charge < -0.3 is 18.9 Å². The minimum absolute atomic E-state index is 0.171. The number of benzene rings is 3. The minimum Gasteiger partial charge on any atom is -0.441 e. The van der Waals surface area contributed by atoms with Gasteiger partial charge in [0.15, 0.2) is 0 Å². The Balaban J connectivity index is 1.41. The highest BCUT2D eigenvalue weighted by Crippen LogP contribution is 2.62. The van der Waals surface area contributed by atoms with Gasteiger partial charge in [-0.15, -0.1) is 0 Å². The van der Waals surface area contributed by atoms with E-state index in [4.69, 9.17) is 18.9 Å². The van der Waals surface area contributed by atoms with Crippen molar-refractivity contribution in [2.24, 2.45) is 17.8 Å². The van der Waals surface area contributed by atoms with Crippen LogP contribution < -0.4 is 9.47 Å². The van der Waals surface area contributed by atoms with E-state index in [-0.39, 0.29) is 11.4 Å². The molecule has 0 saturated heterocycles. The number of hydrogen-bond donors (Lipinski definition) is 0. The smallest absolute Gasteiger partial charge is 0.315 e. The standard InChI is InChI=1S/C32H36O5/c1-4-35-31(34-3)37-30-16-26-6-5-25(24-7-9-28(10-8-24)36-20(2)33)14-27(26)15-29(30)32-17-21-11-22(18-32)13-23(12-21)19-32/h5-10,14-16,21-23,31H,4,11-13,17-19H2,1-3H3. The molecule has 0 heterocycles. The molecule has 0 N–H and O–H groups in total. The van der Waals surface area contributed by atoms with Gasteiger partial charge in [-0.2, -0.15) is 0 Å². The van der Waals surface area contributed by atoms with Crippen LogP contribution in [0.2, 0.25) is 0 Å². The molecule has 5 heteroatoms. The Kier molecular flexibility index (Phi) is 6.46. The maximum Gasteiger partial charge on any atom is 0.315 e. The third kappa shape index (κ3) is 4.75. The van der Waals surface area contributed by atoms with Gasteiger partial charge in [0.1, 0.15) is 11.5 Å². The average Bonchev–Trinajstić information content (AvgIpc) is 2.87. The van der Waals surface area contributed by atoms with Gasteiger partial charge in [-0.25, -0.2) is 0 Å². The highest BCUT2D eigenvalue weighted by molar-refractivity contribution is 5.89.